The monoisotopic (exact) mass is 374 g/mol. The van der Waals surface area contributed by atoms with Crippen molar-refractivity contribution in [2.24, 2.45) is 0 Å². The van der Waals surface area contributed by atoms with Gasteiger partial charge in [0.15, 0.2) is 0 Å². The van der Waals surface area contributed by atoms with Gasteiger partial charge in [-0.2, -0.15) is 0 Å². The van der Waals surface area contributed by atoms with Gasteiger partial charge in [-0.3, -0.25) is 19.3 Å². The Balaban J connectivity index is 2.03. The Bertz CT molecular complexity index is 758. The van der Waals surface area contributed by atoms with Gasteiger partial charge in [0.1, 0.15) is 5.82 Å². The van der Waals surface area contributed by atoms with E-state index in [-0.39, 0.29) is 42.3 Å². The zero-order chi connectivity index (χ0) is 19.8. The van der Waals surface area contributed by atoms with Crippen molar-refractivity contribution in [1.29, 1.82) is 0 Å². The van der Waals surface area contributed by atoms with Crippen molar-refractivity contribution in [3.05, 3.63) is 35.6 Å². The first-order chi connectivity index (χ1) is 12.8. The fourth-order valence-corrected chi connectivity index (χ4v) is 4.26. The predicted octanol–water partition coefficient (Wildman–Crippen LogP) is 3.02. The van der Waals surface area contributed by atoms with Gasteiger partial charge < -0.3 is 4.90 Å². The highest BCUT2D eigenvalue weighted by Gasteiger charge is 2.56. The Kier molecular flexibility index (Phi) is 5.36. The molecular weight excluding hydrogens is 347 g/mol. The Hall–Kier alpha value is -2.24. The molecule has 1 aliphatic carbocycles. The molecule has 0 aromatic heterocycles. The lowest BCUT2D eigenvalue weighted by molar-refractivity contribution is -0.144. The first-order valence-corrected chi connectivity index (χ1v) is 9.65. The largest absolute Gasteiger partial charge is 0.343 e. The summed E-state index contributed by atoms with van der Waals surface area (Å²) in [7, 11) is 1.66. The average molecular weight is 374 g/mol. The molecule has 0 spiro atoms. The van der Waals surface area contributed by atoms with Crippen LogP contribution >= 0.6 is 0 Å². The predicted molar refractivity (Wildman–Crippen MR) is 99.3 cm³/mol. The third-order valence-corrected chi connectivity index (χ3v) is 6.05. The third kappa shape index (κ3) is 3.37. The second-order valence-electron chi connectivity index (χ2n) is 8.02. The van der Waals surface area contributed by atoms with E-state index in [9.17, 15) is 18.8 Å². The fraction of sp³-hybridized carbons (Fsp3) is 0.571. The first kappa shape index (κ1) is 19.5. The minimum atomic E-state index is -1.45. The van der Waals surface area contributed by atoms with Crippen molar-refractivity contribution in [1.82, 2.24) is 9.80 Å². The molecule has 0 N–H and O–H groups in total. The summed E-state index contributed by atoms with van der Waals surface area (Å²) in [5.74, 6) is -1.53. The van der Waals surface area contributed by atoms with Gasteiger partial charge in [0.2, 0.25) is 17.7 Å². The van der Waals surface area contributed by atoms with E-state index in [1.165, 1.54) is 17.0 Å². The summed E-state index contributed by atoms with van der Waals surface area (Å²) in [6, 6.07) is 5.83. The van der Waals surface area contributed by atoms with Crippen LogP contribution in [-0.2, 0) is 19.8 Å². The molecule has 1 heterocycles. The molecule has 0 bridgehead atoms. The molecule has 1 atom stereocenters. The van der Waals surface area contributed by atoms with E-state index < -0.39 is 17.1 Å². The van der Waals surface area contributed by atoms with Crippen molar-refractivity contribution in [2.75, 3.05) is 7.05 Å². The number of carbonyl (C=O) groups excluding carboxylic acids is 3. The standard InChI is InChI=1S/C21H27FN2O3/c1-14(2)23(3)18(25)12-21(16-10-6-7-11-17(16)22)13-19(26)24(20(21)27)15-8-4-5-9-15/h6-7,10-11,14-15H,4-5,8-9,12-13H2,1-3H3. The highest BCUT2D eigenvalue weighted by Crippen LogP contribution is 2.43. The number of hydrogen-bond donors (Lipinski definition) is 0. The SMILES string of the molecule is CC(C)N(C)C(=O)CC1(c2ccccc2F)CC(=O)N(C2CCCC2)C1=O. The Labute approximate surface area is 159 Å². The number of amides is 3. The molecule has 3 rings (SSSR count). The number of hydrogen-bond acceptors (Lipinski definition) is 3. The molecule has 1 aliphatic heterocycles. The van der Waals surface area contributed by atoms with Crippen molar-refractivity contribution in [3.8, 4) is 0 Å². The van der Waals surface area contributed by atoms with E-state index in [2.05, 4.69) is 0 Å². The van der Waals surface area contributed by atoms with Crippen LogP contribution in [0.2, 0.25) is 0 Å². The van der Waals surface area contributed by atoms with Crippen LogP contribution in [0.5, 0.6) is 0 Å². The molecule has 1 aromatic rings. The zero-order valence-electron chi connectivity index (χ0n) is 16.2. The van der Waals surface area contributed by atoms with Crippen LogP contribution < -0.4 is 0 Å². The first-order valence-electron chi connectivity index (χ1n) is 9.65. The minimum Gasteiger partial charge on any atom is -0.343 e. The maximum absolute atomic E-state index is 14.7. The lowest BCUT2D eigenvalue weighted by Crippen LogP contribution is -2.46. The van der Waals surface area contributed by atoms with Gasteiger partial charge in [-0.05, 0) is 32.8 Å². The molecular formula is C21H27FN2O3. The lowest BCUT2D eigenvalue weighted by Gasteiger charge is -2.31. The molecule has 2 fully saturated rings. The topological polar surface area (TPSA) is 57.7 Å². The summed E-state index contributed by atoms with van der Waals surface area (Å²) in [4.78, 5) is 42.0. The highest BCUT2D eigenvalue weighted by atomic mass is 19.1. The van der Waals surface area contributed by atoms with Crippen molar-refractivity contribution >= 4 is 17.7 Å². The van der Waals surface area contributed by atoms with E-state index in [1.54, 1.807) is 24.1 Å². The minimum absolute atomic E-state index is 0.0479. The van der Waals surface area contributed by atoms with E-state index in [0.717, 1.165) is 25.7 Å². The summed E-state index contributed by atoms with van der Waals surface area (Å²) in [6.07, 6.45) is 3.17. The van der Waals surface area contributed by atoms with Crippen LogP contribution in [0.15, 0.2) is 24.3 Å². The number of carbonyl (C=O) groups is 3. The van der Waals surface area contributed by atoms with Crippen LogP contribution in [0.25, 0.3) is 0 Å². The maximum atomic E-state index is 14.7. The molecule has 1 saturated heterocycles. The average Bonchev–Trinajstić information content (AvgIpc) is 3.22. The molecule has 0 radical (unpaired) electrons. The second-order valence-corrected chi connectivity index (χ2v) is 8.02. The Morgan fingerprint density at radius 2 is 1.89 bits per heavy atom. The molecule has 1 saturated carbocycles. The summed E-state index contributed by atoms with van der Waals surface area (Å²) >= 11 is 0. The van der Waals surface area contributed by atoms with E-state index in [4.69, 9.17) is 0 Å². The smallest absolute Gasteiger partial charge is 0.241 e. The van der Waals surface area contributed by atoms with Gasteiger partial charge in [0, 0.05) is 37.5 Å². The van der Waals surface area contributed by atoms with Crippen molar-refractivity contribution in [3.63, 3.8) is 0 Å². The van der Waals surface area contributed by atoms with Gasteiger partial charge in [-0.1, -0.05) is 31.0 Å². The van der Waals surface area contributed by atoms with Crippen molar-refractivity contribution < 1.29 is 18.8 Å². The summed E-state index contributed by atoms with van der Waals surface area (Å²) in [6.45, 7) is 3.75. The second kappa shape index (κ2) is 7.41. The quantitative estimate of drug-likeness (QED) is 0.745. The highest BCUT2D eigenvalue weighted by molar-refractivity contribution is 6.11. The summed E-state index contributed by atoms with van der Waals surface area (Å²) in [5.41, 5.74) is -1.31. The van der Waals surface area contributed by atoms with Gasteiger partial charge in [0.05, 0.1) is 5.41 Å². The molecule has 2 aliphatic rings. The number of imide groups is 1. The normalized spacial score (nSPS) is 23.5. The van der Waals surface area contributed by atoms with Crippen LogP contribution in [0.1, 0.15) is 57.9 Å². The Morgan fingerprint density at radius 1 is 1.26 bits per heavy atom. The van der Waals surface area contributed by atoms with Crippen LogP contribution in [0.4, 0.5) is 4.39 Å². The van der Waals surface area contributed by atoms with Crippen LogP contribution in [0.3, 0.4) is 0 Å². The molecule has 1 aromatic carbocycles. The number of nitrogens with zero attached hydrogens (tertiary/aromatic N) is 2. The van der Waals surface area contributed by atoms with E-state index in [0.29, 0.717) is 0 Å². The van der Waals surface area contributed by atoms with Gasteiger partial charge in [-0.25, -0.2) is 4.39 Å². The maximum Gasteiger partial charge on any atom is 0.241 e. The van der Waals surface area contributed by atoms with Crippen LogP contribution in [-0.4, -0.2) is 46.7 Å². The molecule has 6 heteroatoms. The molecule has 1 unspecified atom stereocenters. The lowest BCUT2D eigenvalue weighted by atomic mass is 9.75. The Morgan fingerprint density at radius 3 is 2.48 bits per heavy atom. The van der Waals surface area contributed by atoms with Gasteiger partial charge >= 0.3 is 0 Å². The molecule has 5 nitrogen and oxygen atoms in total. The fourth-order valence-electron chi connectivity index (χ4n) is 4.26. The van der Waals surface area contributed by atoms with Gasteiger partial charge in [0.25, 0.3) is 0 Å². The van der Waals surface area contributed by atoms with E-state index >= 15 is 0 Å². The van der Waals surface area contributed by atoms with Crippen molar-refractivity contribution in [2.45, 2.75) is 69.9 Å². The van der Waals surface area contributed by atoms with Crippen LogP contribution in [0, 0.1) is 5.82 Å². The number of halogens is 1. The molecule has 3 amide bonds. The molecule has 27 heavy (non-hydrogen) atoms. The number of benzene rings is 1. The van der Waals surface area contributed by atoms with E-state index in [1.807, 2.05) is 13.8 Å². The van der Waals surface area contributed by atoms with Gasteiger partial charge in [-0.15, -0.1) is 0 Å². The summed E-state index contributed by atoms with van der Waals surface area (Å²) < 4.78 is 14.7. The molecule has 146 valence electrons. The summed E-state index contributed by atoms with van der Waals surface area (Å²) in [5, 5.41) is 0. The number of rotatable bonds is 5. The third-order valence-electron chi connectivity index (χ3n) is 6.05. The number of likely N-dealkylation sites (tertiary alicyclic amines) is 1. The zero-order valence-corrected chi connectivity index (χ0v) is 16.2.